The van der Waals surface area contributed by atoms with E-state index in [9.17, 15) is 9.18 Å². The largest absolute Gasteiger partial charge is 0.381 e. The molecule has 1 fully saturated rings. The fraction of sp³-hybridized carbons (Fsp3) is 0.474. The maximum absolute atomic E-state index is 13.2. The van der Waals surface area contributed by atoms with Crippen molar-refractivity contribution in [1.29, 1.82) is 0 Å². The Hall–Kier alpha value is -1.79. The molecule has 3 rings (SSSR count). The van der Waals surface area contributed by atoms with Crippen molar-refractivity contribution in [3.8, 4) is 0 Å². The van der Waals surface area contributed by atoms with Crippen molar-refractivity contribution < 1.29 is 13.9 Å². The number of rotatable bonds is 6. The van der Waals surface area contributed by atoms with Crippen LogP contribution >= 0.6 is 11.3 Å². The van der Waals surface area contributed by atoms with Crippen LogP contribution in [0.15, 0.2) is 29.6 Å². The van der Waals surface area contributed by atoms with Crippen LogP contribution in [0.3, 0.4) is 0 Å². The minimum absolute atomic E-state index is 0.0443. The molecule has 1 saturated heterocycles. The van der Waals surface area contributed by atoms with Crippen molar-refractivity contribution in [3.63, 3.8) is 0 Å². The van der Waals surface area contributed by atoms with E-state index < -0.39 is 0 Å². The Balaban J connectivity index is 1.70. The summed E-state index contributed by atoms with van der Waals surface area (Å²) in [7, 11) is 0. The molecule has 1 aliphatic heterocycles. The Bertz CT molecular complexity index is 696. The van der Waals surface area contributed by atoms with Gasteiger partial charge in [0.15, 0.2) is 0 Å². The fourth-order valence-electron chi connectivity index (χ4n) is 3.08. The van der Waals surface area contributed by atoms with Gasteiger partial charge in [-0.2, -0.15) is 0 Å². The molecule has 1 atom stereocenters. The van der Waals surface area contributed by atoms with E-state index in [-0.39, 0.29) is 11.7 Å². The number of nitrogens with zero attached hydrogens (tertiary/aromatic N) is 2. The molecule has 0 N–H and O–H groups in total. The summed E-state index contributed by atoms with van der Waals surface area (Å²) in [6.07, 6.45) is 3.48. The van der Waals surface area contributed by atoms with Gasteiger partial charge in [-0.25, -0.2) is 9.37 Å². The van der Waals surface area contributed by atoms with Crippen LogP contribution in [-0.2, 0) is 16.1 Å². The van der Waals surface area contributed by atoms with Crippen LogP contribution in [-0.4, -0.2) is 24.1 Å². The number of hydrogen-bond acceptors (Lipinski definition) is 4. The van der Waals surface area contributed by atoms with Crippen molar-refractivity contribution in [2.45, 2.75) is 39.2 Å². The van der Waals surface area contributed by atoms with Crippen LogP contribution in [0, 0.1) is 18.7 Å². The molecular formula is C19H23FN2O2S. The smallest absolute Gasteiger partial charge is 0.227 e. The lowest BCUT2D eigenvalue weighted by Gasteiger charge is -2.25. The highest BCUT2D eigenvalue weighted by Crippen LogP contribution is 2.23. The molecule has 1 amide bonds. The topological polar surface area (TPSA) is 42.4 Å². The minimum atomic E-state index is -0.306. The van der Waals surface area contributed by atoms with Gasteiger partial charge in [-0.3, -0.25) is 4.79 Å². The van der Waals surface area contributed by atoms with Crippen molar-refractivity contribution in [3.05, 3.63) is 46.2 Å². The summed E-state index contributed by atoms with van der Waals surface area (Å²) in [6.45, 7) is 3.93. The van der Waals surface area contributed by atoms with E-state index in [1.54, 1.807) is 28.4 Å². The summed E-state index contributed by atoms with van der Waals surface area (Å²) in [5.74, 6) is 0.192. The minimum Gasteiger partial charge on any atom is -0.381 e. The number of carbonyl (C=O) groups is 1. The number of benzene rings is 1. The monoisotopic (exact) mass is 362 g/mol. The van der Waals surface area contributed by atoms with Crippen LogP contribution in [0.4, 0.5) is 10.1 Å². The predicted molar refractivity (Wildman–Crippen MR) is 97.2 cm³/mol. The van der Waals surface area contributed by atoms with Gasteiger partial charge in [-0.15, -0.1) is 11.3 Å². The summed E-state index contributed by atoms with van der Waals surface area (Å²) >= 11 is 1.57. The van der Waals surface area contributed by atoms with Crippen LogP contribution in [0.5, 0.6) is 0 Å². The molecule has 0 radical (unpaired) electrons. The van der Waals surface area contributed by atoms with E-state index >= 15 is 0 Å². The molecule has 6 heteroatoms. The number of halogens is 1. The number of ether oxygens (including phenoxy) is 1. The average molecular weight is 362 g/mol. The number of thiazole rings is 1. The third-order valence-corrected chi connectivity index (χ3v) is 5.27. The normalized spacial score (nSPS) is 17.4. The van der Waals surface area contributed by atoms with E-state index in [0.717, 1.165) is 43.2 Å². The lowest BCUT2D eigenvalue weighted by atomic mass is 9.96. The Labute approximate surface area is 151 Å². The van der Waals surface area contributed by atoms with Gasteiger partial charge in [0.1, 0.15) is 5.82 Å². The number of carbonyl (C=O) groups excluding carboxylic acids is 1. The molecule has 1 unspecified atom stereocenters. The van der Waals surface area contributed by atoms with Crippen LogP contribution in [0.2, 0.25) is 0 Å². The first kappa shape index (κ1) is 18.0. The maximum Gasteiger partial charge on any atom is 0.227 e. The second-order valence-electron chi connectivity index (χ2n) is 6.44. The number of aromatic nitrogens is 1. The Morgan fingerprint density at radius 1 is 1.40 bits per heavy atom. The summed E-state index contributed by atoms with van der Waals surface area (Å²) in [6, 6.07) is 6.07. The molecule has 1 aromatic carbocycles. The number of aryl methyl sites for hydroxylation is 1. The fourth-order valence-corrected chi connectivity index (χ4v) is 3.69. The number of hydrogen-bond donors (Lipinski definition) is 0. The average Bonchev–Trinajstić information content (AvgIpc) is 3.04. The van der Waals surface area contributed by atoms with E-state index in [4.69, 9.17) is 4.74 Å². The van der Waals surface area contributed by atoms with Crippen molar-refractivity contribution >= 4 is 22.9 Å². The van der Waals surface area contributed by atoms with Gasteiger partial charge in [-0.1, -0.05) is 0 Å². The van der Waals surface area contributed by atoms with Crippen molar-refractivity contribution in [2.24, 2.45) is 5.92 Å². The second kappa shape index (κ2) is 8.54. The molecule has 1 aliphatic rings. The lowest BCUT2D eigenvalue weighted by molar-refractivity contribution is -0.119. The summed E-state index contributed by atoms with van der Waals surface area (Å²) in [5.41, 5.74) is 1.57. The molecule has 134 valence electrons. The Kier molecular flexibility index (Phi) is 6.15. The molecule has 2 aromatic rings. The zero-order valence-electron chi connectivity index (χ0n) is 14.4. The van der Waals surface area contributed by atoms with Gasteiger partial charge < -0.3 is 9.64 Å². The van der Waals surface area contributed by atoms with E-state index in [1.165, 1.54) is 12.1 Å². The Morgan fingerprint density at radius 3 is 2.84 bits per heavy atom. The molecule has 25 heavy (non-hydrogen) atoms. The highest BCUT2D eigenvalue weighted by molar-refractivity contribution is 7.09. The summed E-state index contributed by atoms with van der Waals surface area (Å²) in [4.78, 5) is 19.0. The first-order valence-corrected chi connectivity index (χ1v) is 9.54. The van der Waals surface area contributed by atoms with E-state index in [1.807, 2.05) is 12.3 Å². The van der Waals surface area contributed by atoms with Crippen LogP contribution < -0.4 is 4.90 Å². The van der Waals surface area contributed by atoms with Gasteiger partial charge in [0.05, 0.1) is 17.2 Å². The molecule has 2 heterocycles. The first-order chi connectivity index (χ1) is 12.1. The number of amides is 1. The van der Waals surface area contributed by atoms with Crippen molar-refractivity contribution in [2.75, 3.05) is 18.1 Å². The zero-order valence-corrected chi connectivity index (χ0v) is 15.2. The summed E-state index contributed by atoms with van der Waals surface area (Å²) in [5, 5.41) is 2.94. The van der Waals surface area contributed by atoms with Gasteiger partial charge in [0.25, 0.3) is 0 Å². The SMILES string of the molecule is Cc1nc(CN(C(=O)CCC2CCCOC2)c2ccc(F)cc2)cs1. The molecule has 0 bridgehead atoms. The first-order valence-electron chi connectivity index (χ1n) is 8.66. The highest BCUT2D eigenvalue weighted by atomic mass is 32.1. The van der Waals surface area contributed by atoms with Gasteiger partial charge in [0.2, 0.25) is 5.91 Å². The van der Waals surface area contributed by atoms with Crippen LogP contribution in [0.1, 0.15) is 36.4 Å². The van der Waals surface area contributed by atoms with E-state index in [0.29, 0.717) is 24.6 Å². The number of anilines is 1. The molecule has 4 nitrogen and oxygen atoms in total. The maximum atomic E-state index is 13.2. The lowest BCUT2D eigenvalue weighted by Crippen LogP contribution is -2.31. The Morgan fingerprint density at radius 2 is 2.20 bits per heavy atom. The zero-order chi connectivity index (χ0) is 17.6. The molecule has 1 aromatic heterocycles. The predicted octanol–water partition coefficient (Wildman–Crippen LogP) is 4.33. The van der Waals surface area contributed by atoms with Crippen molar-refractivity contribution in [1.82, 2.24) is 4.98 Å². The van der Waals surface area contributed by atoms with Gasteiger partial charge in [0, 0.05) is 30.7 Å². The molecule has 0 aliphatic carbocycles. The molecule has 0 saturated carbocycles. The second-order valence-corrected chi connectivity index (χ2v) is 7.50. The molecule has 0 spiro atoms. The standard InChI is InChI=1S/C19H23FN2O2S/c1-14-21-17(13-25-14)11-22(18-7-5-16(20)6-8-18)19(23)9-4-15-3-2-10-24-12-15/h5-8,13,15H,2-4,9-12H2,1H3. The van der Waals surface area contributed by atoms with Gasteiger partial charge >= 0.3 is 0 Å². The van der Waals surface area contributed by atoms with Crippen LogP contribution in [0.25, 0.3) is 0 Å². The molecular weight excluding hydrogens is 339 g/mol. The quantitative estimate of drug-likeness (QED) is 0.768. The highest BCUT2D eigenvalue weighted by Gasteiger charge is 2.21. The third kappa shape index (κ3) is 5.09. The third-order valence-electron chi connectivity index (χ3n) is 4.45. The van der Waals surface area contributed by atoms with E-state index in [2.05, 4.69) is 4.98 Å². The van der Waals surface area contributed by atoms with Gasteiger partial charge in [-0.05, 0) is 56.4 Å². The summed E-state index contributed by atoms with van der Waals surface area (Å²) < 4.78 is 18.7.